The van der Waals surface area contributed by atoms with Crippen LogP contribution in [0.25, 0.3) is 11.4 Å². The lowest BCUT2D eigenvalue weighted by atomic mass is 10.1. The molecule has 6 nitrogen and oxygen atoms in total. The molecule has 0 amide bonds. The quantitative estimate of drug-likeness (QED) is 0.743. The molecular weight excluding hydrogens is 285 g/mol. The molecule has 1 aromatic carbocycles. The lowest BCUT2D eigenvalue weighted by Crippen LogP contribution is -2.48. The molecule has 0 unspecified atom stereocenters. The largest absolute Gasteiger partial charge is 0.324 e. The van der Waals surface area contributed by atoms with E-state index in [0.717, 1.165) is 24.2 Å². The Kier molecular flexibility index (Phi) is 2.92. The van der Waals surface area contributed by atoms with E-state index in [9.17, 15) is 4.39 Å². The zero-order chi connectivity index (χ0) is 15.1. The van der Waals surface area contributed by atoms with E-state index in [1.54, 1.807) is 12.1 Å². The highest BCUT2D eigenvalue weighted by Gasteiger charge is 2.32. The Balaban J connectivity index is 1.46. The smallest absolute Gasteiger partial charge is 0.320 e. The van der Waals surface area contributed by atoms with Gasteiger partial charge in [-0.05, 0) is 36.8 Å². The second-order valence-electron chi connectivity index (χ2n) is 5.46. The number of rotatable bonds is 3. The molecule has 1 aliphatic heterocycles. The SMILES string of the molecule is Cc1cnn(C2CN(c3nc(-c4ccc(F)cc4)no3)C2)c1. The molecule has 7 heteroatoms. The molecule has 112 valence electrons. The Labute approximate surface area is 126 Å². The fraction of sp³-hybridized carbons (Fsp3) is 0.267. The number of benzene rings is 1. The van der Waals surface area contributed by atoms with Crippen molar-refractivity contribution in [1.82, 2.24) is 19.9 Å². The van der Waals surface area contributed by atoms with E-state index in [1.807, 2.05) is 28.9 Å². The monoisotopic (exact) mass is 299 g/mol. The van der Waals surface area contributed by atoms with Gasteiger partial charge in [-0.15, -0.1) is 0 Å². The van der Waals surface area contributed by atoms with Gasteiger partial charge in [0.1, 0.15) is 5.82 Å². The van der Waals surface area contributed by atoms with Crippen LogP contribution in [0.3, 0.4) is 0 Å². The van der Waals surface area contributed by atoms with Gasteiger partial charge in [0.15, 0.2) is 0 Å². The number of halogens is 1. The second-order valence-corrected chi connectivity index (χ2v) is 5.46. The molecule has 0 N–H and O–H groups in total. The van der Waals surface area contributed by atoms with Gasteiger partial charge in [0.25, 0.3) is 0 Å². The molecule has 0 spiro atoms. The van der Waals surface area contributed by atoms with Crippen LogP contribution in [0.2, 0.25) is 0 Å². The molecule has 2 aromatic heterocycles. The van der Waals surface area contributed by atoms with Gasteiger partial charge in [0.2, 0.25) is 5.82 Å². The molecule has 0 saturated carbocycles. The van der Waals surface area contributed by atoms with Crippen molar-refractivity contribution in [2.45, 2.75) is 13.0 Å². The van der Waals surface area contributed by atoms with Crippen LogP contribution in [0.15, 0.2) is 41.2 Å². The van der Waals surface area contributed by atoms with Crippen LogP contribution in [0.1, 0.15) is 11.6 Å². The molecule has 3 aromatic rings. The van der Waals surface area contributed by atoms with Crippen LogP contribution in [0, 0.1) is 12.7 Å². The summed E-state index contributed by atoms with van der Waals surface area (Å²) < 4.78 is 20.2. The first-order valence-electron chi connectivity index (χ1n) is 7.04. The maximum absolute atomic E-state index is 12.9. The first-order valence-corrected chi connectivity index (χ1v) is 7.04. The molecule has 0 radical (unpaired) electrons. The van der Waals surface area contributed by atoms with Crippen molar-refractivity contribution in [2.75, 3.05) is 18.0 Å². The van der Waals surface area contributed by atoms with Gasteiger partial charge in [-0.25, -0.2) is 4.39 Å². The summed E-state index contributed by atoms with van der Waals surface area (Å²) in [5.41, 5.74) is 1.88. The minimum Gasteiger partial charge on any atom is -0.320 e. The third kappa shape index (κ3) is 2.24. The summed E-state index contributed by atoms with van der Waals surface area (Å²) >= 11 is 0. The molecule has 0 atom stereocenters. The number of hydrogen-bond donors (Lipinski definition) is 0. The van der Waals surface area contributed by atoms with Crippen molar-refractivity contribution in [2.24, 2.45) is 0 Å². The van der Waals surface area contributed by atoms with Gasteiger partial charge in [0.05, 0.1) is 12.2 Å². The number of aromatic nitrogens is 4. The van der Waals surface area contributed by atoms with Crippen LogP contribution >= 0.6 is 0 Å². The highest BCUT2D eigenvalue weighted by Crippen LogP contribution is 2.28. The number of nitrogens with zero attached hydrogens (tertiary/aromatic N) is 5. The number of anilines is 1. The molecule has 1 saturated heterocycles. The Morgan fingerprint density at radius 3 is 2.68 bits per heavy atom. The minimum atomic E-state index is -0.285. The minimum absolute atomic E-state index is 0.285. The fourth-order valence-corrected chi connectivity index (χ4v) is 2.47. The molecule has 1 aliphatic rings. The maximum Gasteiger partial charge on any atom is 0.324 e. The highest BCUT2D eigenvalue weighted by atomic mass is 19.1. The molecule has 22 heavy (non-hydrogen) atoms. The van der Waals surface area contributed by atoms with Crippen molar-refractivity contribution in [3.8, 4) is 11.4 Å². The predicted molar refractivity (Wildman–Crippen MR) is 77.9 cm³/mol. The topological polar surface area (TPSA) is 60.0 Å². The molecular formula is C15H14FN5O. The van der Waals surface area contributed by atoms with Gasteiger partial charge in [-0.1, -0.05) is 5.16 Å². The van der Waals surface area contributed by atoms with Gasteiger partial charge in [-0.3, -0.25) is 4.68 Å². The summed E-state index contributed by atoms with van der Waals surface area (Å²) in [4.78, 5) is 6.36. The molecule has 1 fully saturated rings. The van der Waals surface area contributed by atoms with Gasteiger partial charge in [-0.2, -0.15) is 10.1 Å². The number of aryl methyl sites for hydroxylation is 1. The van der Waals surface area contributed by atoms with Gasteiger partial charge >= 0.3 is 6.01 Å². The second kappa shape index (κ2) is 4.94. The standard InChI is InChI=1S/C15H14FN5O/c1-10-6-17-21(7-10)13-8-20(9-13)15-18-14(19-22-15)11-2-4-12(16)5-3-11/h2-7,13H,8-9H2,1H3. The van der Waals surface area contributed by atoms with Crippen molar-refractivity contribution in [1.29, 1.82) is 0 Å². The maximum atomic E-state index is 12.9. The van der Waals surface area contributed by atoms with E-state index in [1.165, 1.54) is 12.1 Å². The van der Waals surface area contributed by atoms with Crippen LogP contribution < -0.4 is 4.90 Å². The van der Waals surface area contributed by atoms with Crippen molar-refractivity contribution >= 4 is 6.01 Å². The third-order valence-electron chi connectivity index (χ3n) is 3.76. The van der Waals surface area contributed by atoms with E-state index in [-0.39, 0.29) is 5.82 Å². The van der Waals surface area contributed by atoms with E-state index in [2.05, 4.69) is 15.2 Å². The first-order chi connectivity index (χ1) is 10.7. The van der Waals surface area contributed by atoms with E-state index in [0.29, 0.717) is 17.9 Å². The summed E-state index contributed by atoms with van der Waals surface area (Å²) in [5.74, 6) is 0.181. The lowest BCUT2D eigenvalue weighted by Gasteiger charge is -2.37. The van der Waals surface area contributed by atoms with Crippen LogP contribution in [-0.4, -0.2) is 33.0 Å². The summed E-state index contributed by atoms with van der Waals surface area (Å²) in [6, 6.07) is 6.84. The third-order valence-corrected chi connectivity index (χ3v) is 3.76. The molecule has 0 bridgehead atoms. The average Bonchev–Trinajstić information content (AvgIpc) is 3.08. The Morgan fingerprint density at radius 1 is 1.23 bits per heavy atom. The van der Waals surface area contributed by atoms with E-state index < -0.39 is 0 Å². The van der Waals surface area contributed by atoms with Crippen molar-refractivity contribution in [3.63, 3.8) is 0 Å². The zero-order valence-corrected chi connectivity index (χ0v) is 12.0. The van der Waals surface area contributed by atoms with E-state index >= 15 is 0 Å². The highest BCUT2D eigenvalue weighted by molar-refractivity contribution is 5.55. The van der Waals surface area contributed by atoms with Gasteiger partial charge < -0.3 is 9.42 Å². The Bertz CT molecular complexity index is 788. The number of hydrogen-bond acceptors (Lipinski definition) is 5. The first kappa shape index (κ1) is 13.0. The Morgan fingerprint density at radius 2 is 2.00 bits per heavy atom. The summed E-state index contributed by atoms with van der Waals surface area (Å²) in [7, 11) is 0. The molecule has 0 aliphatic carbocycles. The van der Waals surface area contributed by atoms with Crippen molar-refractivity contribution < 1.29 is 8.91 Å². The van der Waals surface area contributed by atoms with Crippen molar-refractivity contribution in [3.05, 3.63) is 48.0 Å². The van der Waals surface area contributed by atoms with Gasteiger partial charge in [0, 0.05) is 24.8 Å². The van der Waals surface area contributed by atoms with E-state index in [4.69, 9.17) is 4.52 Å². The summed E-state index contributed by atoms with van der Waals surface area (Å²) in [6.07, 6.45) is 3.88. The summed E-state index contributed by atoms with van der Waals surface area (Å²) in [6.45, 7) is 3.59. The zero-order valence-electron chi connectivity index (χ0n) is 12.0. The average molecular weight is 299 g/mol. The lowest BCUT2D eigenvalue weighted by molar-refractivity contribution is 0.325. The Hall–Kier alpha value is -2.70. The molecule has 4 rings (SSSR count). The predicted octanol–water partition coefficient (Wildman–Crippen LogP) is 2.44. The molecule has 3 heterocycles. The normalized spacial score (nSPS) is 15.1. The fourth-order valence-electron chi connectivity index (χ4n) is 2.47. The van der Waals surface area contributed by atoms with Crippen LogP contribution in [-0.2, 0) is 0 Å². The van der Waals surface area contributed by atoms with Crippen LogP contribution in [0.4, 0.5) is 10.4 Å². The summed E-state index contributed by atoms with van der Waals surface area (Å²) in [5, 5.41) is 8.26. The van der Waals surface area contributed by atoms with Crippen LogP contribution in [0.5, 0.6) is 0 Å².